The molecule has 128 valence electrons. The van der Waals surface area contributed by atoms with Gasteiger partial charge in [0, 0.05) is 11.6 Å². The molecule has 0 unspecified atom stereocenters. The summed E-state index contributed by atoms with van der Waals surface area (Å²) in [4.78, 5) is 19.3. The number of rotatable bonds is 4. The molecule has 0 spiro atoms. The van der Waals surface area contributed by atoms with Crippen molar-refractivity contribution in [3.8, 4) is 5.75 Å². The van der Waals surface area contributed by atoms with Crippen molar-refractivity contribution >= 4 is 42.9 Å². The number of aryl methyl sites for hydroxylation is 1. The van der Waals surface area contributed by atoms with E-state index in [1.807, 2.05) is 6.92 Å². The van der Waals surface area contributed by atoms with E-state index < -0.39 is 27.5 Å². The highest BCUT2D eigenvalue weighted by Crippen LogP contribution is 2.33. The van der Waals surface area contributed by atoms with Gasteiger partial charge < -0.3 is 9.29 Å². The molecule has 0 saturated heterocycles. The van der Waals surface area contributed by atoms with E-state index >= 15 is 0 Å². The zero-order valence-electron chi connectivity index (χ0n) is 12.8. The lowest BCUT2D eigenvalue weighted by molar-refractivity contribution is 0.0688. The highest BCUT2D eigenvalue weighted by Gasteiger charge is 2.26. The van der Waals surface area contributed by atoms with E-state index in [-0.39, 0.29) is 15.0 Å². The first-order valence-corrected chi connectivity index (χ1v) is 9.18. The normalized spacial score (nSPS) is 11.4. The number of carboxylic acids is 1. The predicted octanol–water partition coefficient (Wildman–Crippen LogP) is 3.17. The summed E-state index contributed by atoms with van der Waals surface area (Å²) in [6.45, 7) is 1.82. The van der Waals surface area contributed by atoms with Crippen molar-refractivity contribution < 1.29 is 22.5 Å². The third kappa shape index (κ3) is 3.33. The zero-order valence-corrected chi connectivity index (χ0v) is 15.2. The Kier molecular flexibility index (Phi) is 4.44. The van der Waals surface area contributed by atoms with Gasteiger partial charge in [-0.25, -0.2) is 9.78 Å². The fraction of sp³-hybridized carbons (Fsp3) is 0.0625. The molecule has 3 rings (SSSR count). The first-order chi connectivity index (χ1) is 11.8. The van der Waals surface area contributed by atoms with E-state index in [4.69, 9.17) is 4.18 Å². The molecule has 0 aliphatic rings. The second-order valence-corrected chi connectivity index (χ2v) is 7.43. The van der Waals surface area contributed by atoms with Crippen molar-refractivity contribution in [2.45, 2.75) is 11.8 Å². The topological polar surface area (TPSA) is 106 Å². The Balaban J connectivity index is 2.21. The Hall–Kier alpha value is -2.52. The maximum atomic E-state index is 12.5. The van der Waals surface area contributed by atoms with E-state index in [2.05, 4.69) is 25.9 Å². The lowest BCUT2D eigenvalue weighted by Gasteiger charge is -2.12. The summed E-state index contributed by atoms with van der Waals surface area (Å²) in [7, 11) is -4.25. The van der Waals surface area contributed by atoms with Gasteiger partial charge >= 0.3 is 16.1 Å². The Morgan fingerprint density at radius 3 is 2.52 bits per heavy atom. The number of nitrogens with zero attached hydrogens (tertiary/aromatic N) is 2. The Labute approximate surface area is 151 Å². The molecule has 3 aromatic rings. The van der Waals surface area contributed by atoms with Crippen LogP contribution in [0.3, 0.4) is 0 Å². The summed E-state index contributed by atoms with van der Waals surface area (Å²) in [5.74, 6) is -1.85. The number of halogens is 1. The fourth-order valence-corrected chi connectivity index (χ4v) is 3.60. The van der Waals surface area contributed by atoms with Crippen LogP contribution in [0, 0.1) is 6.92 Å². The van der Waals surface area contributed by atoms with Gasteiger partial charge in [-0.05, 0) is 47.1 Å². The minimum Gasteiger partial charge on any atom is -0.476 e. The zero-order chi connectivity index (χ0) is 18.2. The number of hydrogen-bond donors (Lipinski definition) is 1. The summed E-state index contributed by atoms with van der Waals surface area (Å²) in [6, 6.07) is 9.24. The van der Waals surface area contributed by atoms with Gasteiger partial charge in [0.1, 0.15) is 15.0 Å². The standard InChI is InChI=1S/C16H11BrN2O5S/c1-9-4-6-10(7-5-9)25(22,23)24-14-12-11(3-2-8-18-12)15(17)19-13(14)16(20)21/h2-8H,1H3,(H,20,21). The van der Waals surface area contributed by atoms with Crippen LogP contribution in [-0.2, 0) is 10.1 Å². The Bertz CT molecular complexity index is 1080. The molecule has 0 fully saturated rings. The monoisotopic (exact) mass is 422 g/mol. The second-order valence-electron chi connectivity index (χ2n) is 5.14. The molecule has 0 aliphatic carbocycles. The maximum absolute atomic E-state index is 12.5. The number of carbonyl (C=O) groups is 1. The molecular weight excluding hydrogens is 412 g/mol. The lowest BCUT2D eigenvalue weighted by Crippen LogP contribution is -2.14. The first-order valence-electron chi connectivity index (χ1n) is 6.98. The van der Waals surface area contributed by atoms with E-state index in [1.54, 1.807) is 24.3 Å². The highest BCUT2D eigenvalue weighted by molar-refractivity contribution is 9.10. The van der Waals surface area contributed by atoms with Crippen LogP contribution in [0.5, 0.6) is 5.75 Å². The molecule has 7 nitrogen and oxygen atoms in total. The minimum atomic E-state index is -4.25. The molecule has 0 radical (unpaired) electrons. The van der Waals surface area contributed by atoms with Crippen molar-refractivity contribution in [1.82, 2.24) is 9.97 Å². The summed E-state index contributed by atoms with van der Waals surface area (Å²) in [5.41, 5.74) is 0.411. The molecule has 1 N–H and O–H groups in total. The van der Waals surface area contributed by atoms with E-state index in [1.165, 1.54) is 18.3 Å². The number of carboxylic acid groups (broad SMARTS) is 1. The molecule has 0 amide bonds. The van der Waals surface area contributed by atoms with Crippen LogP contribution >= 0.6 is 15.9 Å². The van der Waals surface area contributed by atoms with Gasteiger partial charge in [0.25, 0.3) is 0 Å². The SMILES string of the molecule is Cc1ccc(S(=O)(=O)Oc2c(C(=O)O)nc(Br)c3cccnc23)cc1. The van der Waals surface area contributed by atoms with Crippen LogP contribution in [0.4, 0.5) is 0 Å². The van der Waals surface area contributed by atoms with Crippen molar-refractivity contribution in [3.63, 3.8) is 0 Å². The van der Waals surface area contributed by atoms with E-state index in [0.717, 1.165) is 5.56 Å². The van der Waals surface area contributed by atoms with Crippen molar-refractivity contribution in [3.05, 3.63) is 58.5 Å². The molecule has 9 heteroatoms. The molecule has 0 bridgehead atoms. The molecule has 2 heterocycles. The second kappa shape index (κ2) is 6.41. The predicted molar refractivity (Wildman–Crippen MR) is 93.2 cm³/mol. The van der Waals surface area contributed by atoms with Gasteiger partial charge in [0.15, 0.2) is 5.69 Å². The van der Waals surface area contributed by atoms with E-state index in [9.17, 15) is 18.3 Å². The van der Waals surface area contributed by atoms with Crippen LogP contribution in [0.1, 0.15) is 16.1 Å². The van der Waals surface area contributed by atoms with Gasteiger partial charge in [-0.2, -0.15) is 8.42 Å². The minimum absolute atomic E-state index is 0.0810. The fourth-order valence-electron chi connectivity index (χ4n) is 2.16. The molecular formula is C16H11BrN2O5S. The number of pyridine rings is 2. The third-order valence-electron chi connectivity index (χ3n) is 3.38. The van der Waals surface area contributed by atoms with Crippen molar-refractivity contribution in [1.29, 1.82) is 0 Å². The average Bonchev–Trinajstić information content (AvgIpc) is 2.57. The van der Waals surface area contributed by atoms with Crippen LogP contribution in [-0.4, -0.2) is 29.5 Å². The lowest BCUT2D eigenvalue weighted by atomic mass is 10.2. The van der Waals surface area contributed by atoms with Crippen LogP contribution in [0.15, 0.2) is 52.1 Å². The molecule has 1 aromatic carbocycles. The van der Waals surface area contributed by atoms with Gasteiger partial charge in [-0.15, -0.1) is 0 Å². The number of aromatic nitrogens is 2. The average molecular weight is 423 g/mol. The van der Waals surface area contributed by atoms with Crippen LogP contribution < -0.4 is 4.18 Å². The first kappa shape index (κ1) is 17.3. The Morgan fingerprint density at radius 1 is 1.20 bits per heavy atom. The number of hydrogen-bond acceptors (Lipinski definition) is 6. The molecule has 0 aliphatic heterocycles. The van der Waals surface area contributed by atoms with Gasteiger partial charge in [0.05, 0.1) is 0 Å². The summed E-state index contributed by atoms with van der Waals surface area (Å²) < 4.78 is 30.4. The smallest absolute Gasteiger partial charge is 0.358 e. The largest absolute Gasteiger partial charge is 0.476 e. The molecule has 0 saturated carbocycles. The highest BCUT2D eigenvalue weighted by atomic mass is 79.9. The summed E-state index contributed by atoms with van der Waals surface area (Å²) in [5, 5.41) is 9.80. The summed E-state index contributed by atoms with van der Waals surface area (Å²) in [6.07, 6.45) is 1.41. The number of aromatic carboxylic acids is 1. The van der Waals surface area contributed by atoms with Gasteiger partial charge in [-0.1, -0.05) is 17.7 Å². The number of fused-ring (bicyclic) bond motifs is 1. The van der Waals surface area contributed by atoms with Gasteiger partial charge in [-0.3, -0.25) is 4.98 Å². The summed E-state index contributed by atoms with van der Waals surface area (Å²) >= 11 is 3.16. The molecule has 25 heavy (non-hydrogen) atoms. The van der Waals surface area contributed by atoms with Crippen LogP contribution in [0.25, 0.3) is 10.9 Å². The Morgan fingerprint density at radius 2 is 1.88 bits per heavy atom. The quantitative estimate of drug-likeness (QED) is 0.508. The molecule has 2 aromatic heterocycles. The van der Waals surface area contributed by atoms with E-state index in [0.29, 0.717) is 5.39 Å². The van der Waals surface area contributed by atoms with Gasteiger partial charge in [0.2, 0.25) is 5.75 Å². The molecule has 0 atom stereocenters. The number of benzene rings is 1. The maximum Gasteiger partial charge on any atom is 0.358 e. The van der Waals surface area contributed by atoms with Crippen LogP contribution in [0.2, 0.25) is 0 Å². The van der Waals surface area contributed by atoms with Crippen molar-refractivity contribution in [2.75, 3.05) is 0 Å². The van der Waals surface area contributed by atoms with Crippen molar-refractivity contribution in [2.24, 2.45) is 0 Å². The third-order valence-corrected chi connectivity index (χ3v) is 5.22.